The number of thioether (sulfide) groups is 1. The molecule has 150 valence electrons. The molecule has 1 amide bonds. The Bertz CT molecular complexity index is 1150. The van der Waals surface area contributed by atoms with Crippen molar-refractivity contribution in [1.29, 1.82) is 0 Å². The van der Waals surface area contributed by atoms with Crippen LogP contribution in [0.25, 0.3) is 17.1 Å². The predicted molar refractivity (Wildman–Crippen MR) is 123 cm³/mol. The lowest BCUT2D eigenvalue weighted by Gasteiger charge is -2.11. The Balaban J connectivity index is 1.59. The number of rotatable bonds is 6. The van der Waals surface area contributed by atoms with Gasteiger partial charge in [0.05, 0.1) is 21.5 Å². The van der Waals surface area contributed by atoms with Crippen LogP contribution < -0.4 is 5.32 Å². The molecule has 0 aliphatic rings. The molecule has 0 unspecified atom stereocenters. The highest BCUT2D eigenvalue weighted by atomic mass is 35.5. The minimum atomic E-state index is -0.237. The molecule has 4 aromatic rings. The lowest BCUT2D eigenvalue weighted by Crippen LogP contribution is -2.15. The number of aromatic nitrogens is 3. The third kappa shape index (κ3) is 4.51. The van der Waals surface area contributed by atoms with Crippen LogP contribution in [0.15, 0.2) is 84.0 Å². The van der Waals surface area contributed by atoms with E-state index in [2.05, 4.69) is 15.5 Å². The van der Waals surface area contributed by atoms with Crippen LogP contribution >= 0.6 is 35.0 Å². The summed E-state index contributed by atoms with van der Waals surface area (Å²) in [6, 6.07) is 24.7. The summed E-state index contributed by atoms with van der Waals surface area (Å²) in [6.07, 6.45) is 0. The van der Waals surface area contributed by atoms with E-state index >= 15 is 0 Å². The van der Waals surface area contributed by atoms with Gasteiger partial charge in [0.25, 0.3) is 0 Å². The average molecular weight is 455 g/mol. The minimum Gasteiger partial charge on any atom is -0.323 e. The van der Waals surface area contributed by atoms with Gasteiger partial charge in [-0.05, 0) is 24.3 Å². The van der Waals surface area contributed by atoms with Crippen LogP contribution in [-0.4, -0.2) is 26.4 Å². The van der Waals surface area contributed by atoms with E-state index in [4.69, 9.17) is 23.2 Å². The van der Waals surface area contributed by atoms with Crippen molar-refractivity contribution in [3.05, 3.63) is 88.9 Å². The van der Waals surface area contributed by atoms with Crippen LogP contribution in [0.5, 0.6) is 0 Å². The summed E-state index contributed by atoms with van der Waals surface area (Å²) in [5.41, 5.74) is 2.26. The summed E-state index contributed by atoms with van der Waals surface area (Å²) in [7, 11) is 0. The first-order valence-electron chi connectivity index (χ1n) is 9.06. The molecule has 0 radical (unpaired) electrons. The van der Waals surface area contributed by atoms with Gasteiger partial charge in [-0.1, -0.05) is 89.6 Å². The number of nitrogens with one attached hydrogen (secondary N) is 1. The van der Waals surface area contributed by atoms with E-state index in [1.165, 1.54) is 11.8 Å². The Kier molecular flexibility index (Phi) is 6.38. The molecule has 8 heteroatoms. The molecule has 4 rings (SSSR count). The fourth-order valence-electron chi connectivity index (χ4n) is 2.87. The molecule has 1 aromatic heterocycles. The van der Waals surface area contributed by atoms with Crippen molar-refractivity contribution in [1.82, 2.24) is 14.8 Å². The molecule has 0 aliphatic heterocycles. The maximum Gasteiger partial charge on any atom is 0.234 e. The Morgan fingerprint density at radius 3 is 2.17 bits per heavy atom. The molecule has 0 atom stereocenters. The summed E-state index contributed by atoms with van der Waals surface area (Å²) in [5.74, 6) is 0.596. The van der Waals surface area contributed by atoms with Crippen LogP contribution in [0, 0.1) is 0 Å². The summed E-state index contributed by atoms with van der Waals surface area (Å²) in [6.45, 7) is 0. The van der Waals surface area contributed by atoms with Crippen molar-refractivity contribution < 1.29 is 4.79 Å². The maximum atomic E-state index is 12.5. The molecule has 0 bridgehead atoms. The van der Waals surface area contributed by atoms with Gasteiger partial charge >= 0.3 is 0 Å². The quantitative estimate of drug-likeness (QED) is 0.364. The topological polar surface area (TPSA) is 59.8 Å². The van der Waals surface area contributed by atoms with Crippen LogP contribution in [0.1, 0.15) is 0 Å². The number of para-hydroxylation sites is 2. The molecular weight excluding hydrogens is 439 g/mol. The van der Waals surface area contributed by atoms with Gasteiger partial charge in [0.2, 0.25) is 5.91 Å². The van der Waals surface area contributed by atoms with Crippen molar-refractivity contribution in [2.45, 2.75) is 5.16 Å². The number of hydrogen-bond acceptors (Lipinski definition) is 4. The summed E-state index contributed by atoms with van der Waals surface area (Å²) < 4.78 is 1.94. The van der Waals surface area contributed by atoms with Crippen molar-refractivity contribution >= 4 is 46.6 Å². The highest BCUT2D eigenvalue weighted by Crippen LogP contribution is 2.31. The van der Waals surface area contributed by atoms with Gasteiger partial charge in [0.1, 0.15) is 0 Å². The number of carbonyl (C=O) groups is 1. The second-order valence-electron chi connectivity index (χ2n) is 6.28. The molecule has 0 saturated heterocycles. The summed E-state index contributed by atoms with van der Waals surface area (Å²) >= 11 is 13.6. The molecule has 3 aromatic carbocycles. The average Bonchev–Trinajstić information content (AvgIpc) is 3.20. The molecule has 0 fully saturated rings. The Morgan fingerprint density at radius 1 is 0.867 bits per heavy atom. The molecule has 5 nitrogen and oxygen atoms in total. The normalized spacial score (nSPS) is 10.7. The van der Waals surface area contributed by atoms with Gasteiger partial charge in [0, 0.05) is 11.3 Å². The van der Waals surface area contributed by atoms with Gasteiger partial charge < -0.3 is 5.32 Å². The molecule has 1 heterocycles. The maximum absolute atomic E-state index is 12.5. The number of amides is 1. The Morgan fingerprint density at radius 2 is 1.50 bits per heavy atom. The first-order valence-corrected chi connectivity index (χ1v) is 10.8. The van der Waals surface area contributed by atoms with E-state index in [0.29, 0.717) is 26.7 Å². The Hall–Kier alpha value is -2.80. The standard InChI is InChI=1S/C22H16Cl2N4OS/c23-17-12-7-13-18(24)20(17)25-19(29)14-30-22-27-26-21(15-8-3-1-4-9-15)28(22)16-10-5-2-6-11-16/h1-13H,14H2,(H,25,29). The monoisotopic (exact) mass is 454 g/mol. The van der Waals surface area contributed by atoms with E-state index in [1.807, 2.05) is 65.2 Å². The number of anilines is 1. The highest BCUT2D eigenvalue weighted by Gasteiger charge is 2.18. The predicted octanol–water partition coefficient (Wildman–Crippen LogP) is 5.97. The zero-order chi connectivity index (χ0) is 20.9. The van der Waals surface area contributed by atoms with Gasteiger partial charge in [-0.25, -0.2) is 0 Å². The van der Waals surface area contributed by atoms with Crippen molar-refractivity contribution in [2.24, 2.45) is 0 Å². The van der Waals surface area contributed by atoms with E-state index in [-0.39, 0.29) is 11.7 Å². The fraction of sp³-hybridized carbons (Fsp3) is 0.0455. The van der Waals surface area contributed by atoms with Gasteiger partial charge in [-0.15, -0.1) is 10.2 Å². The number of benzene rings is 3. The number of hydrogen-bond donors (Lipinski definition) is 1. The zero-order valence-corrected chi connectivity index (χ0v) is 18.0. The van der Waals surface area contributed by atoms with Gasteiger partial charge in [-0.2, -0.15) is 0 Å². The van der Waals surface area contributed by atoms with Gasteiger partial charge in [0.15, 0.2) is 11.0 Å². The van der Waals surface area contributed by atoms with Crippen LogP contribution in [0.4, 0.5) is 5.69 Å². The first-order chi connectivity index (χ1) is 14.6. The van der Waals surface area contributed by atoms with Crippen LogP contribution in [0.3, 0.4) is 0 Å². The highest BCUT2D eigenvalue weighted by molar-refractivity contribution is 7.99. The zero-order valence-electron chi connectivity index (χ0n) is 15.6. The van der Waals surface area contributed by atoms with Crippen molar-refractivity contribution in [3.8, 4) is 17.1 Å². The lowest BCUT2D eigenvalue weighted by atomic mass is 10.2. The number of carbonyl (C=O) groups excluding carboxylic acids is 1. The van der Waals surface area contributed by atoms with Crippen molar-refractivity contribution in [3.63, 3.8) is 0 Å². The van der Waals surface area contributed by atoms with E-state index in [9.17, 15) is 4.79 Å². The second kappa shape index (κ2) is 9.34. The minimum absolute atomic E-state index is 0.126. The fourth-order valence-corrected chi connectivity index (χ4v) is 4.11. The van der Waals surface area contributed by atoms with Crippen LogP contribution in [-0.2, 0) is 4.79 Å². The Labute approximate surface area is 188 Å². The smallest absolute Gasteiger partial charge is 0.234 e. The van der Waals surface area contributed by atoms with Gasteiger partial charge in [-0.3, -0.25) is 9.36 Å². The largest absolute Gasteiger partial charge is 0.323 e. The van der Waals surface area contributed by atoms with Crippen molar-refractivity contribution in [2.75, 3.05) is 11.1 Å². The second-order valence-corrected chi connectivity index (χ2v) is 8.03. The third-order valence-corrected chi connectivity index (χ3v) is 5.80. The van der Waals surface area contributed by atoms with E-state index < -0.39 is 0 Å². The third-order valence-electron chi connectivity index (χ3n) is 4.24. The number of halogens is 2. The molecule has 0 aliphatic carbocycles. The molecule has 30 heavy (non-hydrogen) atoms. The SMILES string of the molecule is O=C(CSc1nnc(-c2ccccc2)n1-c1ccccc1)Nc1c(Cl)cccc1Cl. The molecule has 0 saturated carbocycles. The van der Waals surface area contributed by atoms with E-state index in [0.717, 1.165) is 11.3 Å². The summed E-state index contributed by atoms with van der Waals surface area (Å²) in [5, 5.41) is 12.9. The van der Waals surface area contributed by atoms with E-state index in [1.54, 1.807) is 18.2 Å². The summed E-state index contributed by atoms with van der Waals surface area (Å²) in [4.78, 5) is 12.5. The molecule has 1 N–H and O–H groups in total. The lowest BCUT2D eigenvalue weighted by molar-refractivity contribution is -0.113. The molecular formula is C22H16Cl2N4OS. The number of nitrogens with zero attached hydrogens (tertiary/aromatic N) is 3. The van der Waals surface area contributed by atoms with Crippen LogP contribution in [0.2, 0.25) is 10.0 Å². The molecule has 0 spiro atoms. The first kappa shape index (κ1) is 20.5.